The van der Waals surface area contributed by atoms with E-state index in [1.54, 1.807) is 16.7 Å². The molecule has 1 aliphatic heterocycles. The van der Waals surface area contributed by atoms with Crippen molar-refractivity contribution >= 4 is 21.7 Å². The maximum absolute atomic E-state index is 4.77. The molecule has 0 radical (unpaired) electrons. The Morgan fingerprint density at radius 3 is 2.53 bits per heavy atom. The summed E-state index contributed by atoms with van der Waals surface area (Å²) in [6.45, 7) is 3.37. The molecule has 0 spiro atoms. The van der Waals surface area contributed by atoms with Gasteiger partial charge in [0.2, 0.25) is 0 Å². The van der Waals surface area contributed by atoms with Gasteiger partial charge in [0, 0.05) is 47.8 Å². The molecule has 0 bridgehead atoms. The highest BCUT2D eigenvalue weighted by molar-refractivity contribution is 5.83. The lowest BCUT2D eigenvalue weighted by Gasteiger charge is -2.47. The predicted octanol–water partition coefficient (Wildman–Crippen LogP) is 11.5. The first kappa shape index (κ1) is 30.7. The number of fused-ring (bicyclic) bond motifs is 5. The van der Waals surface area contributed by atoms with Crippen LogP contribution in [0.5, 0.6) is 0 Å². The molecule has 2 heterocycles. The van der Waals surface area contributed by atoms with Crippen LogP contribution in [0.25, 0.3) is 21.7 Å². The quantitative estimate of drug-likeness (QED) is 0.220. The largest absolute Gasteiger partial charge is 0.306 e. The highest BCUT2D eigenvalue weighted by Gasteiger charge is 2.44. The molecule has 5 aliphatic carbocycles. The molecule has 10 rings (SSSR count). The lowest BCUT2D eigenvalue weighted by molar-refractivity contribution is 0.362. The van der Waals surface area contributed by atoms with Crippen molar-refractivity contribution in [3.05, 3.63) is 196 Å². The van der Waals surface area contributed by atoms with Gasteiger partial charge < -0.3 is 5.32 Å². The van der Waals surface area contributed by atoms with Crippen LogP contribution in [0.4, 0.5) is 0 Å². The third-order valence-corrected chi connectivity index (χ3v) is 12.5. The molecule has 0 amide bonds. The van der Waals surface area contributed by atoms with E-state index in [9.17, 15) is 0 Å². The van der Waals surface area contributed by atoms with Gasteiger partial charge in [0.1, 0.15) is 0 Å². The van der Waals surface area contributed by atoms with Gasteiger partial charge in [0.25, 0.3) is 0 Å². The highest BCUT2D eigenvalue weighted by atomic mass is 14.9. The molecular formula is C49H44N2. The number of hydrogen-bond donors (Lipinski definition) is 1. The van der Waals surface area contributed by atoms with Crippen LogP contribution in [0.2, 0.25) is 0 Å². The molecule has 6 atom stereocenters. The van der Waals surface area contributed by atoms with Crippen LogP contribution in [0, 0.1) is 23.7 Å². The second-order valence-electron chi connectivity index (χ2n) is 15.4. The second-order valence-corrected chi connectivity index (χ2v) is 15.4. The van der Waals surface area contributed by atoms with Gasteiger partial charge in [-0.25, -0.2) is 0 Å². The molecule has 2 nitrogen and oxygen atoms in total. The maximum Gasteiger partial charge on any atom is 0.0702 e. The lowest BCUT2D eigenvalue weighted by Crippen LogP contribution is -2.35. The molecular weight excluding hydrogens is 617 g/mol. The zero-order valence-corrected chi connectivity index (χ0v) is 29.3. The van der Waals surface area contributed by atoms with Crippen molar-refractivity contribution in [1.82, 2.24) is 10.3 Å². The number of aromatic nitrogens is 1. The average Bonchev–Trinajstić information content (AvgIpc) is 3.19. The van der Waals surface area contributed by atoms with Crippen molar-refractivity contribution in [3.63, 3.8) is 0 Å². The Kier molecular flexibility index (Phi) is 7.61. The van der Waals surface area contributed by atoms with Crippen molar-refractivity contribution in [2.75, 3.05) is 6.54 Å². The molecule has 1 aromatic heterocycles. The summed E-state index contributed by atoms with van der Waals surface area (Å²) in [6.07, 6.45) is 33.2. The minimum Gasteiger partial charge on any atom is -0.306 e. The van der Waals surface area contributed by atoms with E-state index in [0.717, 1.165) is 24.9 Å². The van der Waals surface area contributed by atoms with Gasteiger partial charge in [-0.05, 0) is 99.1 Å². The zero-order chi connectivity index (χ0) is 33.9. The smallest absolute Gasteiger partial charge is 0.0702 e. The summed E-state index contributed by atoms with van der Waals surface area (Å²) >= 11 is 0. The van der Waals surface area contributed by atoms with Gasteiger partial charge in [-0.2, -0.15) is 0 Å². The Morgan fingerprint density at radius 1 is 0.765 bits per heavy atom. The van der Waals surface area contributed by atoms with E-state index in [1.807, 2.05) is 0 Å². The normalized spacial score (nSPS) is 28.3. The number of pyridine rings is 1. The first-order chi connectivity index (χ1) is 25.2. The first-order valence-corrected chi connectivity index (χ1v) is 19.0. The Balaban J connectivity index is 1.08. The fourth-order valence-corrected chi connectivity index (χ4v) is 9.92. The summed E-state index contributed by atoms with van der Waals surface area (Å²) in [6, 6.07) is 27.1. The van der Waals surface area contributed by atoms with Crippen molar-refractivity contribution in [2.24, 2.45) is 23.7 Å². The van der Waals surface area contributed by atoms with Crippen LogP contribution in [0.15, 0.2) is 185 Å². The number of benzene rings is 3. The monoisotopic (exact) mass is 660 g/mol. The number of para-hydroxylation sites is 1. The molecule has 0 fully saturated rings. The molecule has 0 saturated heterocycles. The Morgan fingerprint density at radius 2 is 1.63 bits per heavy atom. The number of nitrogens with one attached hydrogen (secondary N) is 1. The molecule has 1 N–H and O–H groups in total. The minimum atomic E-state index is 0.273. The van der Waals surface area contributed by atoms with Crippen LogP contribution in [-0.4, -0.2) is 11.5 Å². The zero-order valence-electron chi connectivity index (χ0n) is 29.3. The molecule has 0 saturated carbocycles. The van der Waals surface area contributed by atoms with E-state index in [4.69, 9.17) is 4.98 Å². The van der Waals surface area contributed by atoms with E-state index >= 15 is 0 Å². The summed E-state index contributed by atoms with van der Waals surface area (Å²) in [5.41, 5.74) is 14.3. The summed E-state index contributed by atoms with van der Waals surface area (Å²) in [7, 11) is 0. The predicted molar refractivity (Wildman–Crippen MR) is 212 cm³/mol. The summed E-state index contributed by atoms with van der Waals surface area (Å²) in [4.78, 5) is 4.77. The van der Waals surface area contributed by atoms with Crippen molar-refractivity contribution in [2.45, 2.75) is 44.6 Å². The Labute approximate surface area is 301 Å². The molecule has 3 aromatic carbocycles. The van der Waals surface area contributed by atoms with Crippen LogP contribution in [0.3, 0.4) is 0 Å². The second kappa shape index (κ2) is 12.6. The first-order valence-electron chi connectivity index (χ1n) is 19.0. The van der Waals surface area contributed by atoms with Gasteiger partial charge in [0.15, 0.2) is 0 Å². The average molecular weight is 661 g/mol. The third-order valence-electron chi connectivity index (χ3n) is 12.5. The topological polar surface area (TPSA) is 24.9 Å². The van der Waals surface area contributed by atoms with E-state index < -0.39 is 0 Å². The van der Waals surface area contributed by atoms with Crippen LogP contribution in [0.1, 0.15) is 55.7 Å². The molecule has 6 aliphatic rings. The van der Waals surface area contributed by atoms with E-state index in [2.05, 4.69) is 158 Å². The number of hydrogen-bond acceptors (Lipinski definition) is 2. The fraction of sp³-hybridized carbons (Fsp3) is 0.245. The summed E-state index contributed by atoms with van der Waals surface area (Å²) in [5.74, 6) is 2.13. The molecule has 2 heteroatoms. The fourth-order valence-electron chi connectivity index (χ4n) is 9.92. The number of nitrogens with zero attached hydrogens (tertiary/aromatic N) is 1. The Bertz CT molecular complexity index is 2370. The van der Waals surface area contributed by atoms with Crippen molar-refractivity contribution in [3.8, 4) is 0 Å². The Hall–Kier alpha value is -5.05. The van der Waals surface area contributed by atoms with Crippen LogP contribution < -0.4 is 5.32 Å². The van der Waals surface area contributed by atoms with Gasteiger partial charge >= 0.3 is 0 Å². The summed E-state index contributed by atoms with van der Waals surface area (Å²) in [5, 5.41) is 7.75. The van der Waals surface area contributed by atoms with E-state index in [-0.39, 0.29) is 6.04 Å². The van der Waals surface area contributed by atoms with Gasteiger partial charge in [0.05, 0.1) is 5.52 Å². The third kappa shape index (κ3) is 5.40. The van der Waals surface area contributed by atoms with Gasteiger partial charge in [-0.1, -0.05) is 140 Å². The van der Waals surface area contributed by atoms with Crippen LogP contribution >= 0.6 is 0 Å². The SMILES string of the molecule is CC1CCC=C2C1C(C1=CC=C3C=CC=CC3C1)=C1C=C(C3=CCC(c4cnc5ccccc5c4)NC3)C=CC1C2c1ccc2ccccc2c1. The van der Waals surface area contributed by atoms with Gasteiger partial charge in [-0.3, -0.25) is 4.98 Å². The lowest BCUT2D eigenvalue weighted by atomic mass is 9.56. The van der Waals surface area contributed by atoms with Crippen LogP contribution in [-0.2, 0) is 0 Å². The summed E-state index contributed by atoms with van der Waals surface area (Å²) < 4.78 is 0. The standard InChI is InChI=1S/C49H44N2/c1-31-9-8-15-43-47(31)49(39-20-18-33-11-3-5-13-35(33)26-39)44-28-36(21-23-42(44)48(43)38-19-17-32-10-2-4-12-34(32)25-38)40-22-24-46(50-29-40)41-27-37-14-6-7-16-45(37)51-30-41/h2-7,10-23,25,27-28,30-31,35,42,46-48,50H,8-9,24,26,29H2,1H3. The molecule has 250 valence electrons. The molecule has 51 heavy (non-hydrogen) atoms. The van der Waals surface area contributed by atoms with Gasteiger partial charge in [-0.15, -0.1) is 0 Å². The van der Waals surface area contributed by atoms with E-state index in [1.165, 1.54) is 62.4 Å². The van der Waals surface area contributed by atoms with Crippen molar-refractivity contribution < 1.29 is 0 Å². The molecule has 4 aromatic rings. The molecule has 6 unspecified atom stereocenters. The minimum absolute atomic E-state index is 0.273. The maximum atomic E-state index is 4.77. The number of rotatable bonds is 4. The highest BCUT2D eigenvalue weighted by Crippen LogP contribution is 2.57. The number of allylic oxidation sites excluding steroid dienone is 15. The van der Waals surface area contributed by atoms with Crippen molar-refractivity contribution in [1.29, 1.82) is 0 Å². The van der Waals surface area contributed by atoms with E-state index in [0.29, 0.717) is 29.6 Å².